The maximum atomic E-state index is 12.0. The quantitative estimate of drug-likeness (QED) is 0.351. The molecule has 21 heavy (non-hydrogen) atoms. The van der Waals surface area contributed by atoms with E-state index < -0.39 is 48.5 Å². The summed E-state index contributed by atoms with van der Waals surface area (Å²) in [5.74, 6) is -3.60. The van der Waals surface area contributed by atoms with E-state index in [1.54, 1.807) is 0 Å². The third kappa shape index (κ3) is 1.90. The molecule has 3 heterocycles. The molecule has 0 aromatic heterocycles. The van der Waals surface area contributed by atoms with Crippen LogP contribution >= 0.6 is 0 Å². The number of carbonyl (C=O) groups is 2. The predicted octanol–water partition coefficient (Wildman–Crippen LogP) is -3.58. The maximum absolute atomic E-state index is 12.0. The molecule has 1 fully saturated rings. The number of nitrogens with two attached hydrogens (primary N) is 1. The van der Waals surface area contributed by atoms with Crippen LogP contribution in [-0.2, 0) is 9.53 Å². The van der Waals surface area contributed by atoms with E-state index in [0.29, 0.717) is 4.90 Å². The minimum Gasteiger partial charge on any atom is -0.394 e. The van der Waals surface area contributed by atoms with Crippen LogP contribution in [0.1, 0.15) is 6.42 Å². The number of guanidine groups is 1. The molecule has 0 aromatic carbocycles. The van der Waals surface area contributed by atoms with Gasteiger partial charge in [-0.3, -0.25) is 10.1 Å². The molecule has 3 aliphatic rings. The number of carbonyl (C=O) groups excluding carboxylic acids is 2. The summed E-state index contributed by atoms with van der Waals surface area (Å²) in [6, 6.07) is -0.947. The van der Waals surface area contributed by atoms with E-state index in [4.69, 9.17) is 15.6 Å². The van der Waals surface area contributed by atoms with Gasteiger partial charge in [0.1, 0.15) is 12.3 Å². The molecule has 114 valence electrons. The number of amides is 3. The topological polar surface area (TPSA) is 170 Å². The molecule has 0 saturated carbocycles. The number of aliphatic hydroxyl groups excluding tert-OH is 2. The molecular weight excluding hydrogens is 286 g/mol. The Kier molecular flexibility index (Phi) is 2.95. The molecule has 3 rings (SSSR count). The lowest BCUT2D eigenvalue weighted by Gasteiger charge is -2.35. The van der Waals surface area contributed by atoms with Crippen LogP contribution in [0.5, 0.6) is 0 Å². The Bertz CT molecular complexity index is 576. The molecule has 11 heteroatoms. The Morgan fingerprint density at radius 3 is 2.86 bits per heavy atom. The van der Waals surface area contributed by atoms with Gasteiger partial charge in [-0.2, -0.15) is 9.98 Å². The number of aliphatic hydroxyl groups is 3. The Labute approximate surface area is 117 Å². The van der Waals surface area contributed by atoms with Crippen LogP contribution in [0.4, 0.5) is 4.79 Å². The number of rotatable bonds is 2. The van der Waals surface area contributed by atoms with Gasteiger partial charge >= 0.3 is 6.03 Å². The normalized spacial score (nSPS) is 39.0. The standard InChI is InChI=1S/C10H13N5O6/c11-8-13-7(18)6-10(20,14-8)15(9(19)12-6)5-1-3(17)4(2-16)21-5/h3-5,16-17,20H,1-2H2,(H3,11,13,14,18)/t3-,4+,5+,10-/m0/s1. The minimum absolute atomic E-state index is 0.0703. The van der Waals surface area contributed by atoms with Gasteiger partial charge in [0.25, 0.3) is 11.8 Å². The van der Waals surface area contributed by atoms with Crippen molar-refractivity contribution in [2.24, 2.45) is 15.7 Å². The number of nitrogens with one attached hydrogen (secondary N) is 1. The summed E-state index contributed by atoms with van der Waals surface area (Å²) in [6.07, 6.45) is -3.11. The zero-order valence-corrected chi connectivity index (χ0v) is 10.6. The Morgan fingerprint density at radius 2 is 2.24 bits per heavy atom. The SMILES string of the molecule is NC1=N[C@@]2(O)C(=NC(=O)N2[C@H]2C[C@H](O)[C@@H](CO)O2)C(=O)N1. The second-order valence-corrected chi connectivity index (χ2v) is 4.81. The highest BCUT2D eigenvalue weighted by Gasteiger charge is 2.58. The summed E-state index contributed by atoms with van der Waals surface area (Å²) in [4.78, 5) is 31.5. The Hall–Kier alpha value is -2.08. The number of fused-ring (bicyclic) bond motifs is 1. The summed E-state index contributed by atoms with van der Waals surface area (Å²) >= 11 is 0. The van der Waals surface area contributed by atoms with E-state index in [9.17, 15) is 19.8 Å². The van der Waals surface area contributed by atoms with Crippen molar-refractivity contribution in [3.8, 4) is 0 Å². The van der Waals surface area contributed by atoms with Gasteiger partial charge in [0.2, 0.25) is 0 Å². The fraction of sp³-hybridized carbons (Fsp3) is 0.600. The van der Waals surface area contributed by atoms with Gasteiger partial charge in [-0.25, -0.2) is 9.69 Å². The maximum Gasteiger partial charge on any atom is 0.350 e. The molecule has 4 atom stereocenters. The average molecular weight is 299 g/mol. The summed E-state index contributed by atoms with van der Waals surface area (Å²) in [5.41, 5.74) is 4.87. The molecule has 0 aliphatic carbocycles. The van der Waals surface area contributed by atoms with E-state index in [1.807, 2.05) is 0 Å². The van der Waals surface area contributed by atoms with Crippen LogP contribution in [0.2, 0.25) is 0 Å². The van der Waals surface area contributed by atoms with Crippen molar-refractivity contribution in [3.05, 3.63) is 0 Å². The van der Waals surface area contributed by atoms with Crippen LogP contribution in [0.15, 0.2) is 9.98 Å². The molecule has 0 spiro atoms. The van der Waals surface area contributed by atoms with Crippen LogP contribution in [0.3, 0.4) is 0 Å². The first-order valence-electron chi connectivity index (χ1n) is 6.12. The fourth-order valence-corrected chi connectivity index (χ4v) is 2.51. The number of hydrogen-bond donors (Lipinski definition) is 5. The molecule has 3 amide bonds. The third-order valence-electron chi connectivity index (χ3n) is 3.47. The first-order chi connectivity index (χ1) is 9.86. The Morgan fingerprint density at radius 1 is 1.52 bits per heavy atom. The van der Waals surface area contributed by atoms with Gasteiger partial charge in [0, 0.05) is 6.42 Å². The van der Waals surface area contributed by atoms with Crippen LogP contribution in [-0.4, -0.2) is 74.7 Å². The van der Waals surface area contributed by atoms with Crippen molar-refractivity contribution < 1.29 is 29.6 Å². The molecule has 0 radical (unpaired) electrons. The lowest BCUT2D eigenvalue weighted by Crippen LogP contribution is -2.63. The first kappa shape index (κ1) is 13.9. The van der Waals surface area contributed by atoms with Crippen molar-refractivity contribution in [1.82, 2.24) is 10.2 Å². The number of nitrogens with zero attached hydrogens (tertiary/aromatic N) is 3. The van der Waals surface area contributed by atoms with Crippen molar-refractivity contribution in [1.29, 1.82) is 0 Å². The zero-order valence-electron chi connectivity index (χ0n) is 10.6. The van der Waals surface area contributed by atoms with Crippen molar-refractivity contribution in [2.75, 3.05) is 6.61 Å². The van der Waals surface area contributed by atoms with E-state index in [2.05, 4.69) is 15.3 Å². The van der Waals surface area contributed by atoms with Crippen LogP contribution in [0, 0.1) is 0 Å². The van der Waals surface area contributed by atoms with E-state index in [-0.39, 0.29) is 12.4 Å². The van der Waals surface area contributed by atoms with Gasteiger partial charge in [0.15, 0.2) is 11.7 Å². The second-order valence-electron chi connectivity index (χ2n) is 4.81. The molecule has 1 saturated heterocycles. The molecule has 11 nitrogen and oxygen atoms in total. The predicted molar refractivity (Wildman–Crippen MR) is 65.8 cm³/mol. The van der Waals surface area contributed by atoms with Crippen LogP contribution < -0.4 is 11.1 Å². The van der Waals surface area contributed by atoms with E-state index in [1.165, 1.54) is 0 Å². The summed E-state index contributed by atoms with van der Waals surface area (Å²) < 4.78 is 5.29. The molecule has 0 unspecified atom stereocenters. The lowest BCUT2D eigenvalue weighted by molar-refractivity contribution is -0.130. The number of ether oxygens (including phenoxy) is 1. The first-order valence-corrected chi connectivity index (χ1v) is 6.12. The monoisotopic (exact) mass is 299 g/mol. The van der Waals surface area contributed by atoms with E-state index >= 15 is 0 Å². The summed E-state index contributed by atoms with van der Waals surface area (Å²) in [5, 5.41) is 31.4. The minimum atomic E-state index is -2.38. The highest BCUT2D eigenvalue weighted by molar-refractivity contribution is 6.48. The molecule has 0 bridgehead atoms. The van der Waals surface area contributed by atoms with Crippen molar-refractivity contribution in [2.45, 2.75) is 30.7 Å². The Balaban J connectivity index is 1.96. The summed E-state index contributed by atoms with van der Waals surface area (Å²) in [7, 11) is 0. The number of aliphatic imine (C=N–C) groups is 2. The number of urea groups is 1. The third-order valence-corrected chi connectivity index (χ3v) is 3.47. The highest BCUT2D eigenvalue weighted by atomic mass is 16.6. The van der Waals surface area contributed by atoms with Gasteiger partial charge in [-0.15, -0.1) is 0 Å². The van der Waals surface area contributed by atoms with Gasteiger partial charge in [-0.1, -0.05) is 0 Å². The van der Waals surface area contributed by atoms with Gasteiger partial charge in [0.05, 0.1) is 12.7 Å². The highest BCUT2D eigenvalue weighted by Crippen LogP contribution is 2.34. The fourth-order valence-electron chi connectivity index (χ4n) is 2.51. The average Bonchev–Trinajstić information content (AvgIpc) is 2.86. The lowest BCUT2D eigenvalue weighted by atomic mass is 10.1. The molecule has 3 aliphatic heterocycles. The molecule has 6 N–H and O–H groups in total. The van der Waals surface area contributed by atoms with Gasteiger partial charge < -0.3 is 25.8 Å². The second kappa shape index (κ2) is 4.46. The van der Waals surface area contributed by atoms with Crippen LogP contribution in [0.25, 0.3) is 0 Å². The van der Waals surface area contributed by atoms with Crippen molar-refractivity contribution in [3.63, 3.8) is 0 Å². The largest absolute Gasteiger partial charge is 0.394 e. The molecule has 0 aromatic rings. The molecular formula is C10H13N5O6. The zero-order chi connectivity index (χ0) is 15.4. The number of hydrogen-bond acceptors (Lipinski definition) is 8. The summed E-state index contributed by atoms with van der Waals surface area (Å²) in [6.45, 7) is -0.461. The smallest absolute Gasteiger partial charge is 0.350 e. The van der Waals surface area contributed by atoms with Gasteiger partial charge in [-0.05, 0) is 0 Å². The van der Waals surface area contributed by atoms with Crippen molar-refractivity contribution >= 4 is 23.6 Å². The van der Waals surface area contributed by atoms with E-state index in [0.717, 1.165) is 0 Å².